The highest BCUT2D eigenvalue weighted by Gasteiger charge is 2.12. The lowest BCUT2D eigenvalue weighted by Crippen LogP contribution is -1.88. The summed E-state index contributed by atoms with van der Waals surface area (Å²) in [6.45, 7) is 1.85. The van der Waals surface area contributed by atoms with E-state index in [1.165, 1.54) is 6.39 Å². The number of fused-ring (bicyclic) bond motifs is 1. The van der Waals surface area contributed by atoms with Gasteiger partial charge in [0.15, 0.2) is 23.6 Å². The summed E-state index contributed by atoms with van der Waals surface area (Å²) in [4.78, 5) is 15.5. The number of nitrogens with two attached hydrogens (primary N) is 1. The van der Waals surface area contributed by atoms with Crippen LogP contribution < -0.4 is 5.73 Å². The molecule has 0 aliphatic carbocycles. The van der Waals surface area contributed by atoms with Crippen LogP contribution in [0.4, 0.5) is 5.82 Å². The van der Waals surface area contributed by atoms with E-state index in [9.17, 15) is 0 Å². The largest absolute Gasteiger partial charge is 0.440 e. The van der Waals surface area contributed by atoms with E-state index in [1.54, 1.807) is 6.07 Å². The number of pyridine rings is 1. The highest BCUT2D eigenvalue weighted by atomic mass is 16.3. The fourth-order valence-corrected chi connectivity index (χ4v) is 1.54. The first kappa shape index (κ1) is 8.90. The smallest absolute Gasteiger partial charge is 0.192 e. The molecule has 0 bridgehead atoms. The maximum absolute atomic E-state index is 5.58. The number of hydrogen-bond donors (Lipinski definition) is 2. The van der Waals surface area contributed by atoms with Crippen LogP contribution in [0.15, 0.2) is 22.9 Å². The molecular weight excluding hydrogens is 206 g/mol. The number of aromatic amines is 1. The number of oxazole rings is 1. The third-order valence-corrected chi connectivity index (χ3v) is 2.33. The van der Waals surface area contributed by atoms with Gasteiger partial charge in [0.25, 0.3) is 0 Å². The van der Waals surface area contributed by atoms with Crippen molar-refractivity contribution in [3.05, 3.63) is 24.2 Å². The van der Waals surface area contributed by atoms with Gasteiger partial charge >= 0.3 is 0 Å². The van der Waals surface area contributed by atoms with Crippen molar-refractivity contribution in [3.8, 4) is 11.6 Å². The lowest BCUT2D eigenvalue weighted by atomic mass is 10.3. The van der Waals surface area contributed by atoms with Crippen molar-refractivity contribution in [2.45, 2.75) is 6.92 Å². The maximum atomic E-state index is 5.58. The normalized spacial score (nSPS) is 11.1. The van der Waals surface area contributed by atoms with Gasteiger partial charge in [0.1, 0.15) is 5.82 Å². The number of aromatic nitrogens is 4. The Labute approximate surface area is 90.5 Å². The Bertz CT molecular complexity index is 654. The van der Waals surface area contributed by atoms with Crippen LogP contribution in [-0.4, -0.2) is 19.9 Å². The first-order chi connectivity index (χ1) is 7.74. The van der Waals surface area contributed by atoms with Crippen LogP contribution >= 0.6 is 0 Å². The Morgan fingerprint density at radius 1 is 1.31 bits per heavy atom. The minimum atomic E-state index is 0.444. The zero-order chi connectivity index (χ0) is 11.1. The van der Waals surface area contributed by atoms with E-state index < -0.39 is 0 Å². The number of nitrogens with one attached hydrogen (secondary N) is 1. The zero-order valence-corrected chi connectivity index (χ0v) is 8.56. The Morgan fingerprint density at radius 2 is 2.19 bits per heavy atom. The van der Waals surface area contributed by atoms with Gasteiger partial charge in [0, 0.05) is 0 Å². The van der Waals surface area contributed by atoms with E-state index >= 15 is 0 Å². The summed E-state index contributed by atoms with van der Waals surface area (Å²) in [6, 6.07) is 3.55. The molecule has 3 aromatic rings. The van der Waals surface area contributed by atoms with Gasteiger partial charge in [-0.2, -0.15) is 0 Å². The SMILES string of the molecule is Cc1ncoc1-c1nc2nc(N)ccc2[nH]1. The molecule has 0 aromatic carbocycles. The van der Waals surface area contributed by atoms with Gasteiger partial charge in [-0.15, -0.1) is 0 Å². The number of imidazole rings is 1. The monoisotopic (exact) mass is 215 g/mol. The first-order valence-electron chi connectivity index (χ1n) is 4.77. The fourth-order valence-electron chi connectivity index (χ4n) is 1.54. The van der Waals surface area contributed by atoms with E-state index in [4.69, 9.17) is 10.2 Å². The average molecular weight is 215 g/mol. The lowest BCUT2D eigenvalue weighted by Gasteiger charge is -1.88. The Morgan fingerprint density at radius 3 is 2.94 bits per heavy atom. The van der Waals surface area contributed by atoms with Crippen molar-refractivity contribution in [2.75, 3.05) is 5.73 Å². The van der Waals surface area contributed by atoms with Crippen LogP contribution in [0.25, 0.3) is 22.7 Å². The molecule has 80 valence electrons. The zero-order valence-electron chi connectivity index (χ0n) is 8.56. The summed E-state index contributed by atoms with van der Waals surface area (Å²) in [5.41, 5.74) is 7.76. The Kier molecular flexibility index (Phi) is 1.70. The quantitative estimate of drug-likeness (QED) is 0.641. The van der Waals surface area contributed by atoms with Gasteiger partial charge in [-0.3, -0.25) is 0 Å². The number of hydrogen-bond acceptors (Lipinski definition) is 5. The van der Waals surface area contributed by atoms with Gasteiger partial charge in [0.2, 0.25) is 0 Å². The second-order valence-electron chi connectivity index (χ2n) is 3.46. The Hall–Kier alpha value is -2.37. The number of nitrogen functional groups attached to an aromatic ring is 1. The average Bonchev–Trinajstić information content (AvgIpc) is 2.82. The van der Waals surface area contributed by atoms with Gasteiger partial charge < -0.3 is 15.1 Å². The maximum Gasteiger partial charge on any atom is 0.192 e. The molecular formula is C10H9N5O. The molecule has 0 fully saturated rings. The molecule has 0 amide bonds. The van der Waals surface area contributed by atoms with Gasteiger partial charge in [-0.1, -0.05) is 0 Å². The van der Waals surface area contributed by atoms with Gasteiger partial charge in [-0.05, 0) is 19.1 Å². The molecule has 0 spiro atoms. The summed E-state index contributed by atoms with van der Waals surface area (Å²) in [5.74, 6) is 1.68. The van der Waals surface area contributed by atoms with E-state index in [0.29, 0.717) is 23.0 Å². The van der Waals surface area contributed by atoms with Crippen molar-refractivity contribution >= 4 is 17.0 Å². The van der Waals surface area contributed by atoms with Crippen molar-refractivity contribution in [3.63, 3.8) is 0 Å². The second kappa shape index (κ2) is 3.06. The lowest BCUT2D eigenvalue weighted by molar-refractivity contribution is 0.567. The van der Waals surface area contributed by atoms with Crippen LogP contribution in [-0.2, 0) is 0 Å². The molecule has 0 saturated carbocycles. The predicted molar refractivity (Wildman–Crippen MR) is 58.5 cm³/mol. The number of rotatable bonds is 1. The van der Waals surface area contributed by atoms with E-state index in [0.717, 1.165) is 11.2 Å². The molecule has 3 heterocycles. The number of nitrogens with zero attached hydrogens (tertiary/aromatic N) is 3. The highest BCUT2D eigenvalue weighted by molar-refractivity contribution is 5.76. The molecule has 3 aromatic heterocycles. The molecule has 3 rings (SSSR count). The number of H-pyrrole nitrogens is 1. The number of anilines is 1. The molecule has 0 aliphatic rings. The molecule has 0 atom stereocenters. The minimum absolute atomic E-state index is 0.444. The van der Waals surface area contributed by atoms with E-state index in [-0.39, 0.29) is 0 Å². The summed E-state index contributed by atoms with van der Waals surface area (Å²) in [6.07, 6.45) is 1.39. The van der Waals surface area contributed by atoms with Crippen molar-refractivity contribution in [2.24, 2.45) is 0 Å². The van der Waals surface area contributed by atoms with Gasteiger partial charge in [0.05, 0.1) is 11.2 Å². The Balaban J connectivity index is 2.23. The number of aryl methyl sites for hydroxylation is 1. The van der Waals surface area contributed by atoms with Crippen LogP contribution in [0.3, 0.4) is 0 Å². The van der Waals surface area contributed by atoms with Crippen molar-refractivity contribution in [1.29, 1.82) is 0 Å². The predicted octanol–water partition coefficient (Wildman–Crippen LogP) is 1.50. The molecule has 6 nitrogen and oxygen atoms in total. The molecule has 16 heavy (non-hydrogen) atoms. The molecule has 0 aliphatic heterocycles. The van der Waals surface area contributed by atoms with E-state index in [2.05, 4.69) is 19.9 Å². The summed E-state index contributed by atoms with van der Waals surface area (Å²) in [7, 11) is 0. The highest BCUT2D eigenvalue weighted by Crippen LogP contribution is 2.22. The molecule has 3 N–H and O–H groups in total. The first-order valence-corrected chi connectivity index (χ1v) is 4.77. The van der Waals surface area contributed by atoms with Crippen LogP contribution in [0.5, 0.6) is 0 Å². The molecule has 0 unspecified atom stereocenters. The second-order valence-corrected chi connectivity index (χ2v) is 3.46. The fraction of sp³-hybridized carbons (Fsp3) is 0.100. The van der Waals surface area contributed by atoms with Gasteiger partial charge in [-0.25, -0.2) is 15.0 Å². The summed E-state index contributed by atoms with van der Waals surface area (Å²) >= 11 is 0. The minimum Gasteiger partial charge on any atom is -0.440 e. The van der Waals surface area contributed by atoms with Crippen LogP contribution in [0.2, 0.25) is 0 Å². The van der Waals surface area contributed by atoms with Crippen LogP contribution in [0, 0.1) is 6.92 Å². The van der Waals surface area contributed by atoms with Crippen molar-refractivity contribution in [1.82, 2.24) is 19.9 Å². The van der Waals surface area contributed by atoms with Crippen LogP contribution in [0.1, 0.15) is 5.69 Å². The van der Waals surface area contributed by atoms with Crippen molar-refractivity contribution < 1.29 is 4.42 Å². The third-order valence-electron chi connectivity index (χ3n) is 2.33. The molecule has 0 radical (unpaired) electrons. The summed E-state index contributed by atoms with van der Waals surface area (Å²) in [5, 5.41) is 0. The standard InChI is InChI=1S/C10H9N5O/c1-5-8(16-4-12-5)10-13-6-2-3-7(11)14-9(6)15-10/h2-4H,1H3,(H3,11,13,14,15). The third kappa shape index (κ3) is 1.23. The molecule has 0 saturated heterocycles. The molecule has 6 heteroatoms. The summed E-state index contributed by atoms with van der Waals surface area (Å²) < 4.78 is 5.25. The topological polar surface area (TPSA) is 93.6 Å². The van der Waals surface area contributed by atoms with E-state index in [1.807, 2.05) is 13.0 Å².